The van der Waals surface area contributed by atoms with Crippen molar-refractivity contribution in [3.05, 3.63) is 41.5 Å². The Bertz CT molecular complexity index is 947. The van der Waals surface area contributed by atoms with E-state index in [-0.39, 0.29) is 24.1 Å². The van der Waals surface area contributed by atoms with Gasteiger partial charge in [-0.1, -0.05) is 43.0 Å². The third-order valence-electron chi connectivity index (χ3n) is 5.57. The van der Waals surface area contributed by atoms with Crippen molar-refractivity contribution in [3.63, 3.8) is 0 Å². The highest BCUT2D eigenvalue weighted by Crippen LogP contribution is 2.34. The van der Waals surface area contributed by atoms with Crippen molar-refractivity contribution in [2.24, 2.45) is 0 Å². The van der Waals surface area contributed by atoms with Gasteiger partial charge in [0.2, 0.25) is 23.6 Å². The van der Waals surface area contributed by atoms with Crippen LogP contribution in [0.25, 0.3) is 0 Å². The lowest BCUT2D eigenvalue weighted by Gasteiger charge is -2.30. The van der Waals surface area contributed by atoms with Crippen molar-refractivity contribution in [2.45, 2.75) is 77.3 Å². The van der Waals surface area contributed by atoms with Crippen LogP contribution in [0.5, 0.6) is 0 Å². The minimum absolute atomic E-state index is 0.111. The summed E-state index contributed by atoms with van der Waals surface area (Å²) < 4.78 is 5.40. The second-order valence-corrected chi connectivity index (χ2v) is 8.35. The van der Waals surface area contributed by atoms with E-state index in [0.717, 1.165) is 44.1 Å². The molecule has 0 bridgehead atoms. The van der Waals surface area contributed by atoms with Gasteiger partial charge in [-0.3, -0.25) is 14.4 Å². The van der Waals surface area contributed by atoms with Crippen LogP contribution in [0.3, 0.4) is 0 Å². The van der Waals surface area contributed by atoms with Gasteiger partial charge >= 0.3 is 0 Å². The Hall–Kier alpha value is -3.23. The first kappa shape index (κ1) is 23.4. The number of hydrogen-bond acceptors (Lipinski definition) is 6. The number of rotatable bonds is 8. The number of nitrogens with one attached hydrogen (secondary N) is 3. The molecule has 3 rings (SSSR count). The Morgan fingerprint density at radius 2 is 1.81 bits per heavy atom. The van der Waals surface area contributed by atoms with E-state index in [0.29, 0.717) is 30.4 Å². The summed E-state index contributed by atoms with van der Waals surface area (Å²) in [6.07, 6.45) is 6.33. The second kappa shape index (κ2) is 10.9. The van der Waals surface area contributed by atoms with E-state index in [1.54, 1.807) is 6.07 Å². The van der Waals surface area contributed by atoms with Gasteiger partial charge in [0.15, 0.2) is 5.82 Å². The molecule has 0 atom stereocenters. The molecule has 0 saturated heterocycles. The average Bonchev–Trinajstić information content (AvgIpc) is 3.10. The molecule has 1 aliphatic carbocycles. The van der Waals surface area contributed by atoms with Crippen LogP contribution >= 0.6 is 0 Å². The molecule has 1 heterocycles. The Balaban J connectivity index is 1.54. The highest BCUT2D eigenvalue weighted by molar-refractivity contribution is 5.88. The molecular formula is C23H31N5O4. The number of amides is 3. The summed E-state index contributed by atoms with van der Waals surface area (Å²) in [6.45, 7) is 3.31. The number of carbonyl (C=O) groups is 3. The zero-order chi connectivity index (χ0) is 23.0. The number of aryl methyl sites for hydroxylation is 1. The molecule has 1 saturated carbocycles. The van der Waals surface area contributed by atoms with E-state index in [4.69, 9.17) is 4.52 Å². The van der Waals surface area contributed by atoms with Gasteiger partial charge in [0.25, 0.3) is 0 Å². The topological polar surface area (TPSA) is 126 Å². The lowest BCUT2D eigenvalue weighted by molar-refractivity contribution is -0.122. The predicted octanol–water partition coefficient (Wildman–Crippen LogP) is 2.96. The van der Waals surface area contributed by atoms with Crippen molar-refractivity contribution in [3.8, 4) is 0 Å². The Morgan fingerprint density at radius 1 is 1.06 bits per heavy atom. The van der Waals surface area contributed by atoms with Gasteiger partial charge in [-0.15, -0.1) is 0 Å². The van der Waals surface area contributed by atoms with E-state index in [2.05, 4.69) is 26.1 Å². The zero-order valence-corrected chi connectivity index (χ0v) is 18.7. The van der Waals surface area contributed by atoms with Crippen LogP contribution in [0, 0.1) is 0 Å². The summed E-state index contributed by atoms with van der Waals surface area (Å²) in [5.41, 5.74) is 0.982. The van der Waals surface area contributed by atoms with Gasteiger partial charge in [-0.25, -0.2) is 0 Å². The molecule has 0 unspecified atom stereocenters. The molecule has 0 spiro atoms. The van der Waals surface area contributed by atoms with Gasteiger partial charge in [0.05, 0.1) is 0 Å². The predicted molar refractivity (Wildman–Crippen MR) is 118 cm³/mol. The third kappa shape index (κ3) is 6.63. The number of nitrogens with zero attached hydrogens (tertiary/aromatic N) is 2. The van der Waals surface area contributed by atoms with E-state index in [1.165, 1.54) is 13.8 Å². The van der Waals surface area contributed by atoms with Crippen molar-refractivity contribution in [1.29, 1.82) is 0 Å². The molecule has 3 amide bonds. The van der Waals surface area contributed by atoms with Gasteiger partial charge < -0.3 is 20.5 Å². The number of carbonyl (C=O) groups excluding carboxylic acids is 3. The molecular weight excluding hydrogens is 410 g/mol. The quantitative estimate of drug-likeness (QED) is 0.541. The molecule has 0 radical (unpaired) electrons. The molecule has 2 aromatic rings. The molecule has 1 aliphatic rings. The lowest BCUT2D eigenvalue weighted by atomic mass is 9.89. The number of aromatic nitrogens is 2. The Labute approximate surface area is 187 Å². The van der Waals surface area contributed by atoms with Crippen LogP contribution in [0.2, 0.25) is 0 Å². The second-order valence-electron chi connectivity index (χ2n) is 8.35. The van der Waals surface area contributed by atoms with Gasteiger partial charge in [0, 0.05) is 38.9 Å². The maximum Gasteiger partial charge on any atom is 0.227 e. The molecule has 9 heteroatoms. The first-order valence-electron chi connectivity index (χ1n) is 11.1. The van der Waals surface area contributed by atoms with Crippen LogP contribution in [0.15, 0.2) is 28.8 Å². The maximum atomic E-state index is 12.3. The highest BCUT2D eigenvalue weighted by Gasteiger charge is 2.38. The summed E-state index contributed by atoms with van der Waals surface area (Å²) in [6, 6.07) is 7.32. The summed E-state index contributed by atoms with van der Waals surface area (Å²) in [4.78, 5) is 39.8. The average molecular weight is 442 g/mol. The molecule has 172 valence electrons. The normalized spacial score (nSPS) is 15.4. The monoisotopic (exact) mass is 441 g/mol. The van der Waals surface area contributed by atoms with Crippen molar-refractivity contribution >= 4 is 23.4 Å². The fraction of sp³-hybridized carbons (Fsp3) is 0.522. The first-order valence-corrected chi connectivity index (χ1v) is 11.1. The molecule has 9 nitrogen and oxygen atoms in total. The lowest BCUT2D eigenvalue weighted by Crippen LogP contribution is -2.45. The van der Waals surface area contributed by atoms with Gasteiger partial charge in [0.1, 0.15) is 5.54 Å². The number of hydrogen-bond donors (Lipinski definition) is 3. The SMILES string of the molecule is CC(=O)Nc1cccc(CNC(=O)CCc2nc(C3(NC(C)=O)CCCCCC3)no2)c1. The summed E-state index contributed by atoms with van der Waals surface area (Å²) in [5, 5.41) is 12.8. The fourth-order valence-electron chi connectivity index (χ4n) is 4.10. The number of benzene rings is 1. The zero-order valence-electron chi connectivity index (χ0n) is 18.7. The smallest absolute Gasteiger partial charge is 0.227 e. The van der Waals surface area contributed by atoms with Crippen LogP contribution in [0.1, 0.15) is 76.1 Å². The van der Waals surface area contributed by atoms with Crippen LogP contribution in [-0.4, -0.2) is 27.9 Å². The van der Waals surface area contributed by atoms with Crippen LogP contribution in [-0.2, 0) is 32.9 Å². The molecule has 0 aliphatic heterocycles. The number of anilines is 1. The Kier molecular flexibility index (Phi) is 7.97. The minimum atomic E-state index is -0.592. The van der Waals surface area contributed by atoms with Crippen molar-refractivity contribution in [2.75, 3.05) is 5.32 Å². The maximum absolute atomic E-state index is 12.3. The highest BCUT2D eigenvalue weighted by atomic mass is 16.5. The van der Waals surface area contributed by atoms with Crippen LogP contribution in [0.4, 0.5) is 5.69 Å². The van der Waals surface area contributed by atoms with Gasteiger partial charge in [-0.05, 0) is 30.5 Å². The van der Waals surface area contributed by atoms with Gasteiger partial charge in [-0.2, -0.15) is 4.98 Å². The summed E-state index contributed by atoms with van der Waals surface area (Å²) in [5.74, 6) is 0.492. The molecule has 1 fully saturated rings. The standard InChI is InChI=1S/C23H31N5O4/c1-16(29)25-19-9-7-8-18(14-19)15-24-20(31)10-11-21-26-22(28-32-21)23(27-17(2)30)12-5-3-4-6-13-23/h7-9,14H,3-6,10-13,15H2,1-2H3,(H,24,31)(H,25,29)(H,27,30). The van der Waals surface area contributed by atoms with Crippen LogP contribution < -0.4 is 16.0 Å². The summed E-state index contributed by atoms with van der Waals surface area (Å²) >= 11 is 0. The van der Waals surface area contributed by atoms with E-state index in [1.807, 2.05) is 18.2 Å². The van der Waals surface area contributed by atoms with Crippen molar-refractivity contribution in [1.82, 2.24) is 20.8 Å². The van der Waals surface area contributed by atoms with E-state index in [9.17, 15) is 14.4 Å². The first-order chi connectivity index (χ1) is 15.4. The van der Waals surface area contributed by atoms with E-state index >= 15 is 0 Å². The largest absolute Gasteiger partial charge is 0.352 e. The molecule has 3 N–H and O–H groups in total. The minimum Gasteiger partial charge on any atom is -0.352 e. The Morgan fingerprint density at radius 3 is 2.50 bits per heavy atom. The summed E-state index contributed by atoms with van der Waals surface area (Å²) in [7, 11) is 0. The van der Waals surface area contributed by atoms with Crippen molar-refractivity contribution < 1.29 is 18.9 Å². The van der Waals surface area contributed by atoms with E-state index < -0.39 is 5.54 Å². The molecule has 1 aromatic carbocycles. The molecule has 1 aromatic heterocycles. The molecule has 32 heavy (non-hydrogen) atoms. The fourth-order valence-corrected chi connectivity index (χ4v) is 4.10. The third-order valence-corrected chi connectivity index (χ3v) is 5.57.